The highest BCUT2D eigenvalue weighted by molar-refractivity contribution is 7.80. The number of nitrogens with one attached hydrogen (secondary N) is 3. The third kappa shape index (κ3) is 7.13. The van der Waals surface area contributed by atoms with E-state index in [0.29, 0.717) is 21.7 Å². The molecule has 2 aromatic rings. The fourth-order valence-electron chi connectivity index (χ4n) is 1.95. The van der Waals surface area contributed by atoms with Crippen molar-refractivity contribution >= 4 is 52.5 Å². The van der Waals surface area contributed by atoms with E-state index in [4.69, 9.17) is 35.4 Å². The molecule has 0 aliphatic carbocycles. The van der Waals surface area contributed by atoms with Crippen molar-refractivity contribution in [2.75, 3.05) is 6.54 Å². The van der Waals surface area contributed by atoms with Gasteiger partial charge >= 0.3 is 0 Å². The topological polar surface area (TPSA) is 53.2 Å². The first-order chi connectivity index (χ1) is 12.0. The van der Waals surface area contributed by atoms with Crippen LogP contribution in [0.25, 0.3) is 6.08 Å². The summed E-state index contributed by atoms with van der Waals surface area (Å²) in [6.07, 6.45) is 3.81. The van der Waals surface area contributed by atoms with Crippen molar-refractivity contribution in [1.82, 2.24) is 16.2 Å². The van der Waals surface area contributed by atoms with Gasteiger partial charge in [-0.15, -0.1) is 0 Å². The third-order valence-electron chi connectivity index (χ3n) is 3.23. The van der Waals surface area contributed by atoms with Gasteiger partial charge in [-0.05, 0) is 54.0 Å². The molecule has 0 atom stereocenters. The van der Waals surface area contributed by atoms with Crippen LogP contribution < -0.4 is 16.2 Å². The largest absolute Gasteiger partial charge is 0.361 e. The molecular formula is C18H17Cl2N3OS. The lowest BCUT2D eigenvalue weighted by Gasteiger charge is -2.10. The van der Waals surface area contributed by atoms with E-state index in [0.717, 1.165) is 17.5 Å². The van der Waals surface area contributed by atoms with Crippen molar-refractivity contribution in [2.45, 2.75) is 6.42 Å². The molecule has 130 valence electrons. The average Bonchev–Trinajstić information content (AvgIpc) is 2.61. The number of benzene rings is 2. The maximum Gasteiger partial charge on any atom is 0.262 e. The summed E-state index contributed by atoms with van der Waals surface area (Å²) in [7, 11) is 0. The zero-order valence-corrected chi connectivity index (χ0v) is 15.6. The maximum absolute atomic E-state index is 11.8. The van der Waals surface area contributed by atoms with E-state index in [2.05, 4.69) is 16.2 Å². The quantitative estimate of drug-likeness (QED) is 0.411. The van der Waals surface area contributed by atoms with Crippen molar-refractivity contribution in [1.29, 1.82) is 0 Å². The number of amides is 1. The minimum atomic E-state index is -0.332. The number of thiocarbonyl (C=S) groups is 1. The van der Waals surface area contributed by atoms with Crippen LogP contribution in [0.2, 0.25) is 10.0 Å². The van der Waals surface area contributed by atoms with Crippen LogP contribution >= 0.6 is 35.4 Å². The normalized spacial score (nSPS) is 10.5. The molecule has 0 saturated heterocycles. The van der Waals surface area contributed by atoms with Gasteiger partial charge in [-0.3, -0.25) is 15.6 Å². The Morgan fingerprint density at radius 2 is 1.76 bits per heavy atom. The third-order valence-corrected chi connectivity index (χ3v) is 4.07. The molecule has 2 rings (SSSR count). The molecule has 2 aromatic carbocycles. The maximum atomic E-state index is 11.8. The van der Waals surface area contributed by atoms with Crippen molar-refractivity contribution in [3.63, 3.8) is 0 Å². The van der Waals surface area contributed by atoms with E-state index in [1.807, 2.05) is 42.5 Å². The molecule has 25 heavy (non-hydrogen) atoms. The van der Waals surface area contributed by atoms with Gasteiger partial charge in [0.25, 0.3) is 5.91 Å². The van der Waals surface area contributed by atoms with E-state index in [-0.39, 0.29) is 5.91 Å². The molecule has 0 fully saturated rings. The fraction of sp³-hybridized carbons (Fsp3) is 0.111. The van der Waals surface area contributed by atoms with E-state index in [1.54, 1.807) is 12.1 Å². The number of hydrogen-bond acceptors (Lipinski definition) is 2. The van der Waals surface area contributed by atoms with Crippen LogP contribution in [-0.4, -0.2) is 17.6 Å². The Labute approximate surface area is 162 Å². The van der Waals surface area contributed by atoms with Crippen LogP contribution in [0.15, 0.2) is 54.6 Å². The molecule has 0 aliphatic heterocycles. The minimum Gasteiger partial charge on any atom is -0.361 e. The molecule has 0 radical (unpaired) electrons. The van der Waals surface area contributed by atoms with Gasteiger partial charge in [0.15, 0.2) is 5.11 Å². The highest BCUT2D eigenvalue weighted by Gasteiger charge is 2.00. The number of halogens is 2. The molecule has 0 unspecified atom stereocenters. The van der Waals surface area contributed by atoms with E-state index in [9.17, 15) is 4.79 Å². The summed E-state index contributed by atoms with van der Waals surface area (Å²) in [6, 6.07) is 14.9. The summed E-state index contributed by atoms with van der Waals surface area (Å²) in [4.78, 5) is 11.8. The molecular weight excluding hydrogens is 377 g/mol. The molecule has 1 amide bonds. The molecule has 7 heteroatoms. The molecule has 0 aromatic heterocycles. The molecule has 3 N–H and O–H groups in total. The average molecular weight is 394 g/mol. The first-order valence-corrected chi connectivity index (χ1v) is 8.72. The predicted molar refractivity (Wildman–Crippen MR) is 108 cm³/mol. The van der Waals surface area contributed by atoms with Crippen molar-refractivity contribution in [3.05, 3.63) is 75.8 Å². The fourth-order valence-corrected chi connectivity index (χ4v) is 2.43. The Hall–Kier alpha value is -2.08. The Morgan fingerprint density at radius 3 is 2.48 bits per heavy atom. The van der Waals surface area contributed by atoms with Gasteiger partial charge in [-0.25, -0.2) is 0 Å². The van der Waals surface area contributed by atoms with Gasteiger partial charge in [-0.2, -0.15) is 0 Å². The summed E-state index contributed by atoms with van der Waals surface area (Å²) in [5.41, 5.74) is 7.04. The van der Waals surface area contributed by atoms with Crippen molar-refractivity contribution < 1.29 is 4.79 Å². The Kier molecular flexibility index (Phi) is 7.73. The number of rotatable bonds is 5. The van der Waals surface area contributed by atoms with Crippen LogP contribution in [0.3, 0.4) is 0 Å². The van der Waals surface area contributed by atoms with Crippen LogP contribution in [0, 0.1) is 0 Å². The summed E-state index contributed by atoms with van der Waals surface area (Å²) in [6.45, 7) is 0.638. The van der Waals surface area contributed by atoms with Crippen LogP contribution in [0.5, 0.6) is 0 Å². The van der Waals surface area contributed by atoms with E-state index in [1.165, 1.54) is 6.08 Å². The Bertz CT molecular complexity index is 763. The SMILES string of the molecule is O=C(/C=C/c1ccccc1Cl)NNC(=S)NCCc1ccc(Cl)cc1. The molecule has 4 nitrogen and oxygen atoms in total. The number of hydrazine groups is 1. The molecule has 0 saturated carbocycles. The lowest BCUT2D eigenvalue weighted by Crippen LogP contribution is -2.46. The second-order valence-corrected chi connectivity index (χ2v) is 6.35. The van der Waals surface area contributed by atoms with Crippen LogP contribution in [0.1, 0.15) is 11.1 Å². The summed E-state index contributed by atoms with van der Waals surface area (Å²) in [5.74, 6) is -0.332. The molecule has 0 bridgehead atoms. The Morgan fingerprint density at radius 1 is 1.04 bits per heavy atom. The van der Waals surface area contributed by atoms with E-state index < -0.39 is 0 Å². The van der Waals surface area contributed by atoms with Crippen molar-refractivity contribution in [3.8, 4) is 0 Å². The van der Waals surface area contributed by atoms with Gasteiger partial charge in [0.1, 0.15) is 0 Å². The van der Waals surface area contributed by atoms with Crippen molar-refractivity contribution in [2.24, 2.45) is 0 Å². The van der Waals surface area contributed by atoms with Crippen LogP contribution in [0.4, 0.5) is 0 Å². The summed E-state index contributed by atoms with van der Waals surface area (Å²) < 4.78 is 0. The van der Waals surface area contributed by atoms with Gasteiger partial charge in [0, 0.05) is 22.7 Å². The molecule has 0 heterocycles. The predicted octanol–water partition coefficient (Wildman–Crippen LogP) is 3.74. The first kappa shape index (κ1) is 19.2. The minimum absolute atomic E-state index is 0.332. The number of carbonyl (C=O) groups excluding carboxylic acids is 1. The smallest absolute Gasteiger partial charge is 0.262 e. The molecule has 0 spiro atoms. The second kappa shape index (κ2) is 10.0. The van der Waals surface area contributed by atoms with Crippen LogP contribution in [-0.2, 0) is 11.2 Å². The summed E-state index contributed by atoms with van der Waals surface area (Å²) >= 11 is 17.0. The van der Waals surface area contributed by atoms with E-state index >= 15 is 0 Å². The highest BCUT2D eigenvalue weighted by Crippen LogP contribution is 2.15. The highest BCUT2D eigenvalue weighted by atomic mass is 35.5. The van der Waals surface area contributed by atoms with Gasteiger partial charge < -0.3 is 5.32 Å². The monoisotopic (exact) mass is 393 g/mol. The zero-order chi connectivity index (χ0) is 18.1. The Balaban J connectivity index is 1.68. The van der Waals surface area contributed by atoms with Gasteiger partial charge in [0.2, 0.25) is 0 Å². The van der Waals surface area contributed by atoms with Gasteiger partial charge in [-0.1, -0.05) is 53.5 Å². The lowest BCUT2D eigenvalue weighted by atomic mass is 10.1. The second-order valence-electron chi connectivity index (χ2n) is 5.10. The standard InChI is InChI=1S/C18H17Cl2N3OS/c19-15-8-5-13(6-9-15)11-12-21-18(25)23-22-17(24)10-7-14-3-1-2-4-16(14)20/h1-10H,11-12H2,(H,22,24)(H2,21,23,25)/b10-7+. The van der Waals surface area contributed by atoms with Gasteiger partial charge in [0.05, 0.1) is 0 Å². The molecule has 0 aliphatic rings. The summed E-state index contributed by atoms with van der Waals surface area (Å²) in [5, 5.41) is 4.64. The first-order valence-electron chi connectivity index (χ1n) is 7.55. The number of carbonyl (C=O) groups is 1. The zero-order valence-electron chi connectivity index (χ0n) is 13.3. The lowest BCUT2D eigenvalue weighted by molar-refractivity contribution is -0.116. The number of hydrogen-bond donors (Lipinski definition) is 3.